The van der Waals surface area contributed by atoms with Crippen LogP contribution in [0.2, 0.25) is 5.02 Å². The zero-order valence-corrected chi connectivity index (χ0v) is 20.0. The van der Waals surface area contributed by atoms with E-state index in [-0.39, 0.29) is 11.6 Å². The van der Waals surface area contributed by atoms with Crippen LogP contribution in [-0.2, 0) is 13.0 Å². The van der Waals surface area contributed by atoms with Crippen LogP contribution in [0.3, 0.4) is 0 Å². The number of rotatable bonds is 6. The topological polar surface area (TPSA) is 38.1 Å². The molecule has 2 aromatic heterocycles. The second-order valence-electron chi connectivity index (χ2n) is 8.62. The average Bonchev–Trinajstić information content (AvgIpc) is 3.46. The zero-order valence-electron chi connectivity index (χ0n) is 18.4. The first-order valence-electron chi connectivity index (χ1n) is 11.2. The van der Waals surface area contributed by atoms with Gasteiger partial charge in [0.2, 0.25) is 0 Å². The second kappa shape index (κ2) is 9.37. The van der Waals surface area contributed by atoms with Gasteiger partial charge in [0.05, 0.1) is 11.8 Å². The number of nitrogens with zero attached hydrogens (tertiary/aromatic N) is 3. The molecule has 1 saturated heterocycles. The van der Waals surface area contributed by atoms with Crippen molar-refractivity contribution < 1.29 is 4.39 Å². The Labute approximate surface area is 201 Å². The maximum atomic E-state index is 13.5. The van der Waals surface area contributed by atoms with Crippen LogP contribution in [0.1, 0.15) is 30.5 Å². The van der Waals surface area contributed by atoms with E-state index in [1.807, 2.05) is 30.3 Å². The minimum atomic E-state index is -0.707. The van der Waals surface area contributed by atoms with Crippen molar-refractivity contribution in [2.75, 3.05) is 13.1 Å². The molecule has 1 unspecified atom stereocenters. The highest BCUT2D eigenvalue weighted by Gasteiger charge is 2.26. The molecule has 7 heteroatoms. The van der Waals surface area contributed by atoms with E-state index < -0.39 is 6.17 Å². The third-order valence-corrected chi connectivity index (χ3v) is 7.86. The lowest BCUT2D eigenvalue weighted by molar-refractivity contribution is 0.235. The number of thiophene rings is 1. The van der Waals surface area contributed by atoms with Crippen LogP contribution in [0.5, 0.6) is 0 Å². The van der Waals surface area contributed by atoms with Crippen LogP contribution in [0.15, 0.2) is 65.7 Å². The second-order valence-corrected chi connectivity index (χ2v) is 10.1. The summed E-state index contributed by atoms with van der Waals surface area (Å²) < 4.78 is 15.9. The molecule has 0 amide bonds. The van der Waals surface area contributed by atoms with Gasteiger partial charge < -0.3 is 0 Å². The summed E-state index contributed by atoms with van der Waals surface area (Å²) >= 11 is 7.46. The average molecular weight is 482 g/mol. The van der Waals surface area contributed by atoms with Crippen molar-refractivity contribution in [2.45, 2.75) is 38.5 Å². The predicted molar refractivity (Wildman–Crippen MR) is 134 cm³/mol. The summed E-state index contributed by atoms with van der Waals surface area (Å²) in [4.78, 5) is 20.8. The van der Waals surface area contributed by atoms with Crippen LogP contribution in [0.25, 0.3) is 20.7 Å². The monoisotopic (exact) mass is 481 g/mol. The number of likely N-dealkylation sites (tertiary alicyclic amines) is 1. The zero-order chi connectivity index (χ0) is 22.9. The molecule has 0 saturated carbocycles. The van der Waals surface area contributed by atoms with Gasteiger partial charge in [-0.25, -0.2) is 9.37 Å². The molecule has 4 nitrogen and oxygen atoms in total. The van der Waals surface area contributed by atoms with Crippen LogP contribution in [-0.4, -0.2) is 33.7 Å². The molecule has 4 aromatic rings. The largest absolute Gasteiger partial charge is 0.298 e. The van der Waals surface area contributed by atoms with Gasteiger partial charge in [-0.05, 0) is 54.7 Å². The SMILES string of the molecule is CC(c1ccc(CCn2cnc3cc(-c4ccc(Cl)cc4)sc3c2=O)cc1)N1CC[C@H](F)C1. The number of hydrogen-bond acceptors (Lipinski definition) is 4. The van der Waals surface area contributed by atoms with Crippen LogP contribution in [0.4, 0.5) is 4.39 Å². The van der Waals surface area contributed by atoms with Crippen LogP contribution < -0.4 is 5.56 Å². The third-order valence-electron chi connectivity index (χ3n) is 6.45. The van der Waals surface area contributed by atoms with Gasteiger partial charge in [0.25, 0.3) is 5.56 Å². The lowest BCUT2D eigenvalue weighted by Crippen LogP contribution is -2.24. The molecule has 0 radical (unpaired) electrons. The maximum Gasteiger partial charge on any atom is 0.271 e. The Morgan fingerprint density at radius 1 is 1.18 bits per heavy atom. The van der Waals surface area contributed by atoms with Gasteiger partial charge in [0.15, 0.2) is 0 Å². The van der Waals surface area contributed by atoms with E-state index in [1.165, 1.54) is 16.9 Å². The Morgan fingerprint density at radius 3 is 2.64 bits per heavy atom. The molecule has 1 aliphatic heterocycles. The third kappa shape index (κ3) is 4.74. The highest BCUT2D eigenvalue weighted by molar-refractivity contribution is 7.22. The Bertz CT molecular complexity index is 1320. The minimum Gasteiger partial charge on any atom is -0.298 e. The van der Waals surface area contributed by atoms with Crippen molar-refractivity contribution in [3.8, 4) is 10.4 Å². The summed E-state index contributed by atoms with van der Waals surface area (Å²) in [7, 11) is 0. The molecule has 2 aromatic carbocycles. The molecule has 1 fully saturated rings. The fourth-order valence-corrected chi connectivity index (χ4v) is 5.57. The maximum absolute atomic E-state index is 13.5. The number of halogens is 2. The molecule has 0 aliphatic carbocycles. The summed E-state index contributed by atoms with van der Waals surface area (Å²) in [6.45, 7) is 4.03. The van der Waals surface area contributed by atoms with Gasteiger partial charge >= 0.3 is 0 Å². The number of aryl methyl sites for hydroxylation is 2. The smallest absolute Gasteiger partial charge is 0.271 e. The number of hydrogen-bond donors (Lipinski definition) is 0. The molecule has 33 heavy (non-hydrogen) atoms. The Morgan fingerprint density at radius 2 is 1.94 bits per heavy atom. The first-order valence-corrected chi connectivity index (χ1v) is 12.4. The lowest BCUT2D eigenvalue weighted by atomic mass is 10.0. The van der Waals surface area contributed by atoms with Gasteiger partial charge in [0, 0.05) is 35.6 Å². The summed E-state index contributed by atoms with van der Waals surface area (Å²) in [5.41, 5.74) is 4.10. The molecule has 1 aliphatic rings. The summed E-state index contributed by atoms with van der Waals surface area (Å²) in [5, 5.41) is 0.687. The predicted octanol–water partition coefficient (Wildman–Crippen LogP) is 6.13. The number of alkyl halides is 1. The first-order chi connectivity index (χ1) is 16.0. The van der Waals surface area contributed by atoms with E-state index in [4.69, 9.17) is 11.6 Å². The molecular formula is C26H25ClFN3OS. The summed E-state index contributed by atoms with van der Waals surface area (Å²) in [6, 6.07) is 18.2. The standard InChI is InChI=1S/C26H25ClFN3OS/c1-17(30-13-11-22(28)15-30)19-4-2-18(3-5-19)10-12-31-16-29-23-14-24(33-25(23)26(31)32)20-6-8-21(27)9-7-20/h2-9,14,16-17,22H,10-13,15H2,1H3/t17?,22-/m0/s1. The highest BCUT2D eigenvalue weighted by Crippen LogP contribution is 2.31. The Balaban J connectivity index is 1.29. The molecular weight excluding hydrogens is 457 g/mol. The summed E-state index contributed by atoms with van der Waals surface area (Å²) in [5.74, 6) is 0. The number of aromatic nitrogens is 2. The van der Waals surface area contributed by atoms with Crippen molar-refractivity contribution in [2.24, 2.45) is 0 Å². The molecule has 2 atom stereocenters. The van der Waals surface area contributed by atoms with Crippen molar-refractivity contribution in [1.29, 1.82) is 0 Å². The van der Waals surface area contributed by atoms with E-state index in [0.717, 1.165) is 34.5 Å². The molecule has 3 heterocycles. The quantitative estimate of drug-likeness (QED) is 0.332. The Kier molecular flexibility index (Phi) is 6.32. The van der Waals surface area contributed by atoms with Gasteiger partial charge in [-0.1, -0.05) is 48.0 Å². The van der Waals surface area contributed by atoms with Crippen molar-refractivity contribution >= 4 is 33.2 Å². The van der Waals surface area contributed by atoms with E-state index in [1.54, 1.807) is 10.9 Å². The normalized spacial score (nSPS) is 17.6. The van der Waals surface area contributed by atoms with Gasteiger partial charge in [-0.2, -0.15) is 0 Å². The first kappa shape index (κ1) is 22.3. The van der Waals surface area contributed by atoms with Crippen molar-refractivity contribution in [1.82, 2.24) is 14.5 Å². The van der Waals surface area contributed by atoms with Gasteiger partial charge in [0.1, 0.15) is 10.9 Å². The fourth-order valence-electron chi connectivity index (χ4n) is 4.38. The minimum absolute atomic E-state index is 0.00901. The number of benzene rings is 2. The van der Waals surface area contributed by atoms with E-state index in [9.17, 15) is 9.18 Å². The Hall–Kier alpha value is -2.54. The fraction of sp³-hybridized carbons (Fsp3) is 0.308. The molecule has 0 spiro atoms. The molecule has 170 valence electrons. The van der Waals surface area contributed by atoms with Crippen molar-refractivity contribution in [3.05, 3.63) is 87.4 Å². The lowest BCUT2D eigenvalue weighted by Gasteiger charge is -2.24. The van der Waals surface area contributed by atoms with E-state index >= 15 is 0 Å². The van der Waals surface area contributed by atoms with Gasteiger partial charge in [-0.3, -0.25) is 14.3 Å². The van der Waals surface area contributed by atoms with Crippen molar-refractivity contribution in [3.63, 3.8) is 0 Å². The number of fused-ring (bicyclic) bond motifs is 1. The summed E-state index contributed by atoms with van der Waals surface area (Å²) in [6.07, 6.45) is 2.30. The van der Waals surface area contributed by atoms with E-state index in [2.05, 4.69) is 41.1 Å². The van der Waals surface area contributed by atoms with E-state index in [0.29, 0.717) is 29.2 Å². The molecule has 0 N–H and O–H groups in total. The van der Waals surface area contributed by atoms with Crippen LogP contribution in [0, 0.1) is 0 Å². The molecule has 5 rings (SSSR count). The van der Waals surface area contributed by atoms with Gasteiger partial charge in [-0.15, -0.1) is 11.3 Å². The molecule has 0 bridgehead atoms. The van der Waals surface area contributed by atoms with Crippen LogP contribution >= 0.6 is 22.9 Å². The highest BCUT2D eigenvalue weighted by atomic mass is 35.5.